The Morgan fingerprint density at radius 2 is 1.88 bits per heavy atom. The van der Waals surface area contributed by atoms with Crippen LogP contribution in [-0.4, -0.2) is 25.1 Å². The van der Waals surface area contributed by atoms with Crippen molar-refractivity contribution in [1.29, 1.82) is 0 Å². The second-order valence-electron chi connectivity index (χ2n) is 6.18. The Kier molecular flexibility index (Phi) is 7.21. The molecule has 0 saturated carbocycles. The summed E-state index contributed by atoms with van der Waals surface area (Å²) in [5.41, 5.74) is 3.06. The molecule has 0 aliphatic heterocycles. The van der Waals surface area contributed by atoms with E-state index in [1.165, 1.54) is 0 Å². The average molecular weight is 355 g/mol. The van der Waals surface area contributed by atoms with Crippen LogP contribution in [0.2, 0.25) is 0 Å². The second-order valence-corrected chi connectivity index (χ2v) is 6.18. The van der Waals surface area contributed by atoms with Gasteiger partial charge in [-0.1, -0.05) is 37.1 Å². The largest absolute Gasteiger partial charge is 0.483 e. The third kappa shape index (κ3) is 5.92. The molecule has 0 unspecified atom stereocenters. The van der Waals surface area contributed by atoms with Gasteiger partial charge in [0.1, 0.15) is 5.75 Å². The number of hydrogen-bond acceptors (Lipinski definition) is 4. The van der Waals surface area contributed by atoms with Crippen LogP contribution in [0.15, 0.2) is 42.5 Å². The first-order chi connectivity index (χ1) is 12.5. The van der Waals surface area contributed by atoms with E-state index in [4.69, 9.17) is 9.47 Å². The molecule has 26 heavy (non-hydrogen) atoms. The standard InChI is InChI=1S/C21H25NO4/c1-4-5-11-25-21(24)17-7-6-8-18(13-17)22-20(23)14-26-19-10-9-15(2)12-16(19)3/h6-10,12-13H,4-5,11,14H2,1-3H3,(H,22,23). The van der Waals surface area contributed by atoms with Crippen LogP contribution in [0.4, 0.5) is 5.69 Å². The van der Waals surface area contributed by atoms with Gasteiger partial charge < -0.3 is 14.8 Å². The fraction of sp³-hybridized carbons (Fsp3) is 0.333. The Morgan fingerprint density at radius 3 is 2.62 bits per heavy atom. The van der Waals surface area contributed by atoms with E-state index >= 15 is 0 Å². The molecule has 0 spiro atoms. The van der Waals surface area contributed by atoms with Crippen LogP contribution in [0.25, 0.3) is 0 Å². The van der Waals surface area contributed by atoms with Crippen molar-refractivity contribution in [2.45, 2.75) is 33.6 Å². The number of anilines is 1. The van der Waals surface area contributed by atoms with Gasteiger partial charge in [0.2, 0.25) is 0 Å². The van der Waals surface area contributed by atoms with Gasteiger partial charge in [0.25, 0.3) is 5.91 Å². The third-order valence-corrected chi connectivity index (χ3v) is 3.80. The van der Waals surface area contributed by atoms with Crippen LogP contribution < -0.4 is 10.1 Å². The molecule has 5 nitrogen and oxygen atoms in total. The van der Waals surface area contributed by atoms with Gasteiger partial charge >= 0.3 is 5.97 Å². The Hall–Kier alpha value is -2.82. The predicted octanol–water partition coefficient (Wildman–Crippen LogP) is 4.28. The fourth-order valence-electron chi connectivity index (χ4n) is 2.42. The van der Waals surface area contributed by atoms with Gasteiger partial charge in [0.05, 0.1) is 12.2 Å². The highest BCUT2D eigenvalue weighted by atomic mass is 16.5. The van der Waals surface area contributed by atoms with Gasteiger partial charge in [-0.15, -0.1) is 0 Å². The maximum Gasteiger partial charge on any atom is 0.338 e. The van der Waals surface area contributed by atoms with Crippen LogP contribution in [-0.2, 0) is 9.53 Å². The van der Waals surface area contributed by atoms with Crippen LogP contribution in [0.3, 0.4) is 0 Å². The second kappa shape index (κ2) is 9.61. The summed E-state index contributed by atoms with van der Waals surface area (Å²) in [4.78, 5) is 24.1. The predicted molar refractivity (Wildman–Crippen MR) is 102 cm³/mol. The van der Waals surface area contributed by atoms with Crippen molar-refractivity contribution < 1.29 is 19.1 Å². The molecule has 0 aliphatic carbocycles. The van der Waals surface area contributed by atoms with Crippen molar-refractivity contribution in [3.8, 4) is 5.75 Å². The first-order valence-corrected chi connectivity index (χ1v) is 8.76. The van der Waals surface area contributed by atoms with Crippen LogP contribution in [0, 0.1) is 13.8 Å². The Bertz CT molecular complexity index is 770. The number of nitrogens with one attached hydrogen (secondary N) is 1. The number of esters is 1. The van der Waals surface area contributed by atoms with Crippen molar-refractivity contribution in [3.63, 3.8) is 0 Å². The summed E-state index contributed by atoms with van der Waals surface area (Å²) in [5.74, 6) is 0.00144. The van der Waals surface area contributed by atoms with E-state index in [9.17, 15) is 9.59 Å². The monoisotopic (exact) mass is 355 g/mol. The van der Waals surface area contributed by atoms with Crippen molar-refractivity contribution >= 4 is 17.6 Å². The SMILES string of the molecule is CCCCOC(=O)c1cccc(NC(=O)COc2ccc(C)cc2C)c1. The van der Waals surface area contributed by atoms with E-state index in [0.29, 0.717) is 23.6 Å². The van der Waals surface area contributed by atoms with E-state index in [-0.39, 0.29) is 18.5 Å². The molecule has 2 rings (SSSR count). The minimum Gasteiger partial charge on any atom is -0.483 e. The Balaban J connectivity index is 1.90. The van der Waals surface area contributed by atoms with Gasteiger partial charge in [-0.2, -0.15) is 0 Å². The van der Waals surface area contributed by atoms with E-state index in [2.05, 4.69) is 5.32 Å². The van der Waals surface area contributed by atoms with Gasteiger partial charge in [-0.3, -0.25) is 4.79 Å². The van der Waals surface area contributed by atoms with Gasteiger partial charge in [-0.05, 0) is 50.1 Å². The lowest BCUT2D eigenvalue weighted by Gasteiger charge is -2.11. The van der Waals surface area contributed by atoms with Gasteiger partial charge in [-0.25, -0.2) is 4.79 Å². The minimum atomic E-state index is -0.388. The smallest absolute Gasteiger partial charge is 0.338 e. The molecular formula is C21H25NO4. The fourth-order valence-corrected chi connectivity index (χ4v) is 2.42. The molecule has 2 aromatic rings. The van der Waals surface area contributed by atoms with Crippen molar-refractivity contribution in [2.24, 2.45) is 0 Å². The molecule has 2 aromatic carbocycles. The molecule has 0 fully saturated rings. The number of aryl methyl sites for hydroxylation is 2. The first-order valence-electron chi connectivity index (χ1n) is 8.76. The van der Waals surface area contributed by atoms with E-state index in [0.717, 1.165) is 24.0 Å². The maximum absolute atomic E-state index is 12.1. The molecule has 5 heteroatoms. The number of unbranched alkanes of at least 4 members (excludes halogenated alkanes) is 1. The summed E-state index contributed by atoms with van der Waals surface area (Å²) < 4.78 is 10.7. The molecule has 138 valence electrons. The summed E-state index contributed by atoms with van der Waals surface area (Å²) >= 11 is 0. The summed E-state index contributed by atoms with van der Waals surface area (Å²) in [6.45, 7) is 6.27. The van der Waals surface area contributed by atoms with E-state index < -0.39 is 0 Å². The quantitative estimate of drug-likeness (QED) is 0.567. The highest BCUT2D eigenvalue weighted by Gasteiger charge is 2.10. The van der Waals surface area contributed by atoms with Crippen molar-refractivity contribution in [2.75, 3.05) is 18.5 Å². The molecule has 1 N–H and O–H groups in total. The first kappa shape index (κ1) is 19.5. The Morgan fingerprint density at radius 1 is 1.08 bits per heavy atom. The zero-order valence-corrected chi connectivity index (χ0v) is 15.5. The molecule has 0 saturated heterocycles. The van der Waals surface area contributed by atoms with E-state index in [1.54, 1.807) is 24.3 Å². The molecule has 0 aliphatic rings. The van der Waals surface area contributed by atoms with Gasteiger partial charge in [0.15, 0.2) is 6.61 Å². The molecular weight excluding hydrogens is 330 g/mol. The lowest BCUT2D eigenvalue weighted by Crippen LogP contribution is -2.20. The number of carbonyl (C=O) groups is 2. The zero-order chi connectivity index (χ0) is 18.9. The maximum atomic E-state index is 12.1. The normalized spacial score (nSPS) is 10.3. The lowest BCUT2D eigenvalue weighted by molar-refractivity contribution is -0.118. The number of rotatable bonds is 8. The van der Waals surface area contributed by atoms with E-state index in [1.807, 2.05) is 39.0 Å². The number of ether oxygens (including phenoxy) is 2. The number of hydrogen-bond donors (Lipinski definition) is 1. The van der Waals surface area contributed by atoms with Crippen molar-refractivity contribution in [3.05, 3.63) is 59.2 Å². The minimum absolute atomic E-state index is 0.102. The summed E-state index contributed by atoms with van der Waals surface area (Å²) in [6, 6.07) is 12.5. The molecule has 0 radical (unpaired) electrons. The van der Waals surface area contributed by atoms with Crippen molar-refractivity contribution in [1.82, 2.24) is 0 Å². The number of amides is 1. The highest BCUT2D eigenvalue weighted by molar-refractivity contribution is 5.95. The average Bonchev–Trinajstić information content (AvgIpc) is 2.61. The lowest BCUT2D eigenvalue weighted by atomic mass is 10.1. The number of benzene rings is 2. The highest BCUT2D eigenvalue weighted by Crippen LogP contribution is 2.19. The topological polar surface area (TPSA) is 64.6 Å². The zero-order valence-electron chi connectivity index (χ0n) is 15.5. The summed E-state index contributed by atoms with van der Waals surface area (Å²) in [7, 11) is 0. The number of carbonyl (C=O) groups excluding carboxylic acids is 2. The molecule has 0 bridgehead atoms. The van der Waals surface area contributed by atoms with Crippen LogP contribution in [0.5, 0.6) is 5.75 Å². The van der Waals surface area contributed by atoms with Crippen LogP contribution in [0.1, 0.15) is 41.3 Å². The molecule has 0 heterocycles. The molecule has 0 atom stereocenters. The molecule has 1 amide bonds. The van der Waals surface area contributed by atoms with Crippen LogP contribution >= 0.6 is 0 Å². The molecule has 0 aromatic heterocycles. The Labute approximate surface area is 154 Å². The summed E-state index contributed by atoms with van der Waals surface area (Å²) in [5, 5.41) is 2.73. The summed E-state index contributed by atoms with van der Waals surface area (Å²) in [6.07, 6.45) is 1.79. The third-order valence-electron chi connectivity index (χ3n) is 3.80. The van der Waals surface area contributed by atoms with Gasteiger partial charge in [0, 0.05) is 5.69 Å².